The van der Waals surface area contributed by atoms with Crippen molar-refractivity contribution in [3.05, 3.63) is 75.5 Å². The molecule has 0 aliphatic rings. The molecule has 0 aliphatic heterocycles. The van der Waals surface area contributed by atoms with E-state index < -0.39 is 0 Å². The monoisotopic (exact) mass is 430 g/mol. The highest BCUT2D eigenvalue weighted by atomic mass is 35.5. The number of hydrogen-bond donors (Lipinski definition) is 1. The summed E-state index contributed by atoms with van der Waals surface area (Å²) in [5, 5.41) is 7.78. The number of carbonyl (C=O) groups excluding carboxylic acids is 2. The summed E-state index contributed by atoms with van der Waals surface area (Å²) in [6.45, 7) is 3.70. The van der Waals surface area contributed by atoms with E-state index in [9.17, 15) is 9.59 Å². The molecule has 1 aromatic heterocycles. The second-order valence-electron chi connectivity index (χ2n) is 6.73. The second kappa shape index (κ2) is 8.68. The van der Waals surface area contributed by atoms with Gasteiger partial charge >= 0.3 is 0 Å². The maximum absolute atomic E-state index is 12.8. The summed E-state index contributed by atoms with van der Waals surface area (Å²) in [6.07, 6.45) is 1.52. The number of aromatic nitrogens is 2. The second-order valence-corrected chi connectivity index (χ2v) is 7.55. The zero-order valence-electron chi connectivity index (χ0n) is 16.2. The Morgan fingerprint density at radius 1 is 1.10 bits per heavy atom. The normalized spacial score (nSPS) is 10.7. The molecule has 150 valence electrons. The molecule has 0 fully saturated rings. The van der Waals surface area contributed by atoms with E-state index in [-0.39, 0.29) is 18.4 Å². The molecule has 29 heavy (non-hydrogen) atoms. The molecular weight excluding hydrogens is 411 g/mol. The van der Waals surface area contributed by atoms with E-state index in [2.05, 4.69) is 10.4 Å². The van der Waals surface area contributed by atoms with Crippen molar-refractivity contribution in [3.8, 4) is 5.69 Å². The minimum atomic E-state index is -0.344. The molecule has 3 aromatic rings. The van der Waals surface area contributed by atoms with E-state index in [4.69, 9.17) is 23.2 Å². The van der Waals surface area contributed by atoms with Gasteiger partial charge in [0, 0.05) is 12.7 Å². The first-order valence-corrected chi connectivity index (χ1v) is 9.64. The first-order chi connectivity index (χ1) is 13.8. The van der Waals surface area contributed by atoms with Crippen LogP contribution in [0.5, 0.6) is 0 Å². The Morgan fingerprint density at radius 3 is 2.55 bits per heavy atom. The van der Waals surface area contributed by atoms with Crippen molar-refractivity contribution in [2.24, 2.45) is 0 Å². The van der Waals surface area contributed by atoms with Gasteiger partial charge in [0.15, 0.2) is 0 Å². The molecule has 2 amide bonds. The number of benzene rings is 2. The molecule has 6 nitrogen and oxygen atoms in total. The number of anilines is 1. The summed E-state index contributed by atoms with van der Waals surface area (Å²) < 4.78 is 1.71. The third kappa shape index (κ3) is 4.78. The highest BCUT2D eigenvalue weighted by molar-refractivity contribution is 6.42. The molecule has 0 saturated carbocycles. The molecule has 0 saturated heterocycles. The lowest BCUT2D eigenvalue weighted by molar-refractivity contribution is -0.116. The fourth-order valence-corrected chi connectivity index (χ4v) is 3.20. The van der Waals surface area contributed by atoms with Gasteiger partial charge in [-0.05, 0) is 49.7 Å². The van der Waals surface area contributed by atoms with Crippen LogP contribution in [0.2, 0.25) is 10.0 Å². The Bertz CT molecular complexity index is 1080. The van der Waals surface area contributed by atoms with Crippen LogP contribution in [0.15, 0.2) is 48.7 Å². The van der Waals surface area contributed by atoms with E-state index in [1.165, 1.54) is 11.1 Å². The van der Waals surface area contributed by atoms with Gasteiger partial charge in [0.2, 0.25) is 5.91 Å². The predicted octanol–water partition coefficient (Wildman–Crippen LogP) is 4.51. The largest absolute Gasteiger partial charge is 0.332 e. The van der Waals surface area contributed by atoms with E-state index in [1.807, 2.05) is 38.1 Å². The fraction of sp³-hybridized carbons (Fsp3) is 0.190. The van der Waals surface area contributed by atoms with Crippen molar-refractivity contribution in [1.82, 2.24) is 14.7 Å². The standard InChI is InChI=1S/C21H20Cl2N4O2/c1-13-5-4-6-16(9-13)27-14(2)17(11-24-27)21(29)26(3)12-20(28)25-15-7-8-18(22)19(23)10-15/h4-11H,12H2,1-3H3,(H,25,28). The Labute approximate surface area is 179 Å². The number of amides is 2. The number of nitrogens with one attached hydrogen (secondary N) is 1. The lowest BCUT2D eigenvalue weighted by atomic mass is 10.2. The van der Waals surface area contributed by atoms with Crippen molar-refractivity contribution in [1.29, 1.82) is 0 Å². The molecule has 1 heterocycles. The van der Waals surface area contributed by atoms with Crippen molar-refractivity contribution in [3.63, 3.8) is 0 Å². The van der Waals surface area contributed by atoms with Crippen LogP contribution in [0.25, 0.3) is 5.69 Å². The molecule has 0 aliphatic carbocycles. The third-order valence-electron chi connectivity index (χ3n) is 4.42. The molecule has 0 spiro atoms. The number of nitrogens with zero attached hydrogens (tertiary/aromatic N) is 3. The van der Waals surface area contributed by atoms with Gasteiger partial charge < -0.3 is 10.2 Å². The minimum absolute atomic E-state index is 0.117. The molecule has 0 atom stereocenters. The van der Waals surface area contributed by atoms with E-state index in [0.29, 0.717) is 27.0 Å². The maximum atomic E-state index is 12.8. The summed E-state index contributed by atoms with van der Waals surface area (Å²) in [6, 6.07) is 12.6. The molecule has 0 bridgehead atoms. The molecule has 1 N–H and O–H groups in total. The topological polar surface area (TPSA) is 67.2 Å². The van der Waals surface area contributed by atoms with Gasteiger partial charge in [0.1, 0.15) is 0 Å². The van der Waals surface area contributed by atoms with Crippen LogP contribution in [0.4, 0.5) is 5.69 Å². The number of hydrogen-bond acceptors (Lipinski definition) is 3. The van der Waals surface area contributed by atoms with Gasteiger partial charge in [0.25, 0.3) is 5.91 Å². The summed E-state index contributed by atoms with van der Waals surface area (Å²) in [4.78, 5) is 26.5. The lowest BCUT2D eigenvalue weighted by Crippen LogP contribution is -2.35. The van der Waals surface area contributed by atoms with Gasteiger partial charge in [-0.3, -0.25) is 9.59 Å². The van der Waals surface area contributed by atoms with E-state index >= 15 is 0 Å². The Hall–Kier alpha value is -2.83. The first-order valence-electron chi connectivity index (χ1n) is 8.88. The minimum Gasteiger partial charge on any atom is -0.332 e. The van der Waals surface area contributed by atoms with Crippen LogP contribution in [0.1, 0.15) is 21.6 Å². The average Bonchev–Trinajstić information content (AvgIpc) is 3.05. The van der Waals surface area contributed by atoms with Crippen molar-refractivity contribution >= 4 is 40.7 Å². The van der Waals surface area contributed by atoms with Crippen LogP contribution in [-0.2, 0) is 4.79 Å². The van der Waals surface area contributed by atoms with Crippen LogP contribution < -0.4 is 5.32 Å². The summed E-state index contributed by atoms with van der Waals surface area (Å²) in [5.41, 5.74) is 3.63. The van der Waals surface area contributed by atoms with Gasteiger partial charge in [-0.1, -0.05) is 35.3 Å². The number of rotatable bonds is 5. The van der Waals surface area contributed by atoms with E-state index in [0.717, 1.165) is 11.3 Å². The molecule has 3 rings (SSSR count). The summed E-state index contributed by atoms with van der Waals surface area (Å²) >= 11 is 11.8. The van der Waals surface area contributed by atoms with Crippen LogP contribution in [-0.4, -0.2) is 40.1 Å². The molecule has 0 unspecified atom stereocenters. The third-order valence-corrected chi connectivity index (χ3v) is 5.16. The molecular formula is C21H20Cl2N4O2. The average molecular weight is 431 g/mol. The predicted molar refractivity (Wildman–Crippen MR) is 115 cm³/mol. The Morgan fingerprint density at radius 2 is 1.86 bits per heavy atom. The highest BCUT2D eigenvalue weighted by Gasteiger charge is 2.20. The van der Waals surface area contributed by atoms with Gasteiger partial charge in [-0.2, -0.15) is 5.10 Å². The van der Waals surface area contributed by atoms with Gasteiger partial charge in [-0.25, -0.2) is 4.68 Å². The number of aryl methyl sites for hydroxylation is 1. The lowest BCUT2D eigenvalue weighted by Gasteiger charge is -2.17. The van der Waals surface area contributed by atoms with Gasteiger partial charge in [-0.15, -0.1) is 0 Å². The maximum Gasteiger partial charge on any atom is 0.257 e. The first kappa shape index (κ1) is 20.9. The SMILES string of the molecule is Cc1cccc(-n2ncc(C(=O)N(C)CC(=O)Nc3ccc(Cl)c(Cl)c3)c2C)c1. The van der Waals surface area contributed by atoms with Crippen LogP contribution in [0.3, 0.4) is 0 Å². The number of carbonyl (C=O) groups is 2. The smallest absolute Gasteiger partial charge is 0.257 e. The number of halogens is 2. The summed E-state index contributed by atoms with van der Waals surface area (Å²) in [5.74, 6) is -0.631. The fourth-order valence-electron chi connectivity index (χ4n) is 2.91. The molecule has 0 radical (unpaired) electrons. The quantitative estimate of drug-likeness (QED) is 0.647. The van der Waals surface area contributed by atoms with Crippen molar-refractivity contribution < 1.29 is 9.59 Å². The Kier molecular flexibility index (Phi) is 6.25. The van der Waals surface area contributed by atoms with Crippen molar-refractivity contribution in [2.45, 2.75) is 13.8 Å². The highest BCUT2D eigenvalue weighted by Crippen LogP contribution is 2.25. The van der Waals surface area contributed by atoms with E-state index in [1.54, 1.807) is 29.9 Å². The van der Waals surface area contributed by atoms with Gasteiger partial charge in [0.05, 0.1) is 39.7 Å². The molecule has 2 aromatic carbocycles. The Balaban J connectivity index is 1.70. The van der Waals surface area contributed by atoms with Crippen LogP contribution >= 0.6 is 23.2 Å². The zero-order chi connectivity index (χ0) is 21.1. The molecule has 8 heteroatoms. The van der Waals surface area contributed by atoms with Crippen molar-refractivity contribution in [2.75, 3.05) is 18.9 Å². The van der Waals surface area contributed by atoms with Crippen LogP contribution in [0, 0.1) is 13.8 Å². The summed E-state index contributed by atoms with van der Waals surface area (Å²) in [7, 11) is 1.57. The zero-order valence-corrected chi connectivity index (χ0v) is 17.8. The number of likely N-dealkylation sites (N-methyl/N-ethyl adjacent to an activating group) is 1.